The zero-order chi connectivity index (χ0) is 25.1. The molecule has 1 spiro atoms. The number of hydrogen-bond donors (Lipinski definition) is 1. The van der Waals surface area contributed by atoms with E-state index < -0.39 is 0 Å². The Labute approximate surface area is 211 Å². The minimum absolute atomic E-state index is 0.0000814. The van der Waals surface area contributed by atoms with Crippen molar-refractivity contribution in [1.82, 2.24) is 25.2 Å². The molecule has 3 aromatic rings. The predicted octanol–water partition coefficient (Wildman–Crippen LogP) is 4.28. The lowest BCUT2D eigenvalue weighted by atomic mass is 9.79. The van der Waals surface area contributed by atoms with E-state index in [0.717, 1.165) is 43.4 Å². The highest BCUT2D eigenvalue weighted by atomic mass is 16.5. The number of nitrogens with zero attached hydrogens (tertiary/aromatic N) is 4. The SMILES string of the molecule is CCC(CC)C(=O)NCc1cn(-c2ccccc2C(=O)N2Cc3ccccc3OC3(CCC3)C2)nn1. The number of nitrogens with one attached hydrogen (secondary N) is 1. The summed E-state index contributed by atoms with van der Waals surface area (Å²) in [6.45, 7) is 5.38. The second-order valence-electron chi connectivity index (χ2n) is 9.81. The Balaban J connectivity index is 1.37. The van der Waals surface area contributed by atoms with Crippen molar-refractivity contribution in [2.24, 2.45) is 5.92 Å². The second kappa shape index (κ2) is 10.1. The van der Waals surface area contributed by atoms with Gasteiger partial charge in [0.2, 0.25) is 5.91 Å². The van der Waals surface area contributed by atoms with E-state index in [1.54, 1.807) is 10.9 Å². The number of amides is 2. The molecule has 0 unspecified atom stereocenters. The Hall–Kier alpha value is -3.68. The molecular formula is C28H33N5O3. The fraction of sp³-hybridized carbons (Fsp3) is 0.429. The molecule has 8 nitrogen and oxygen atoms in total. The van der Waals surface area contributed by atoms with Crippen LogP contribution in [0.5, 0.6) is 5.75 Å². The van der Waals surface area contributed by atoms with Crippen LogP contribution < -0.4 is 10.1 Å². The van der Waals surface area contributed by atoms with Crippen LogP contribution in [0, 0.1) is 5.92 Å². The smallest absolute Gasteiger partial charge is 0.256 e. The first-order chi connectivity index (χ1) is 17.5. The van der Waals surface area contributed by atoms with Crippen molar-refractivity contribution in [2.45, 2.75) is 64.6 Å². The molecule has 188 valence electrons. The van der Waals surface area contributed by atoms with Crippen molar-refractivity contribution in [3.8, 4) is 11.4 Å². The number of aromatic nitrogens is 3. The number of fused-ring (bicyclic) bond motifs is 1. The fourth-order valence-corrected chi connectivity index (χ4v) is 5.09. The maximum Gasteiger partial charge on any atom is 0.256 e. The number of rotatable bonds is 7. The summed E-state index contributed by atoms with van der Waals surface area (Å²) in [5.41, 5.74) is 2.56. The van der Waals surface area contributed by atoms with Crippen molar-refractivity contribution in [1.29, 1.82) is 0 Å². The van der Waals surface area contributed by atoms with E-state index in [2.05, 4.69) is 15.6 Å². The molecule has 1 aromatic heterocycles. The van der Waals surface area contributed by atoms with Gasteiger partial charge >= 0.3 is 0 Å². The van der Waals surface area contributed by atoms with Gasteiger partial charge in [-0.05, 0) is 50.3 Å². The molecule has 0 saturated heterocycles. The summed E-state index contributed by atoms with van der Waals surface area (Å²) in [6.07, 6.45) is 6.38. The van der Waals surface area contributed by atoms with E-state index >= 15 is 0 Å². The summed E-state index contributed by atoms with van der Waals surface area (Å²) >= 11 is 0. The molecule has 1 aliphatic heterocycles. The first kappa shape index (κ1) is 24.0. The van der Waals surface area contributed by atoms with Gasteiger partial charge in [-0.2, -0.15) is 0 Å². The highest BCUT2D eigenvalue weighted by Crippen LogP contribution is 2.41. The van der Waals surface area contributed by atoms with Gasteiger partial charge in [0.15, 0.2) is 0 Å². The summed E-state index contributed by atoms with van der Waals surface area (Å²) < 4.78 is 8.06. The first-order valence-corrected chi connectivity index (χ1v) is 12.9. The van der Waals surface area contributed by atoms with Crippen LogP contribution in [-0.4, -0.2) is 43.9 Å². The Bertz CT molecular complexity index is 1250. The average Bonchev–Trinajstić information content (AvgIpc) is 3.27. The largest absolute Gasteiger partial charge is 0.485 e. The lowest BCUT2D eigenvalue weighted by Crippen LogP contribution is -2.52. The van der Waals surface area contributed by atoms with Crippen LogP contribution in [-0.2, 0) is 17.9 Å². The molecule has 0 atom stereocenters. The van der Waals surface area contributed by atoms with Crippen LogP contribution in [0.25, 0.3) is 5.69 Å². The molecule has 2 heterocycles. The summed E-state index contributed by atoms with van der Waals surface area (Å²) in [6, 6.07) is 15.4. The quantitative estimate of drug-likeness (QED) is 0.537. The second-order valence-corrected chi connectivity index (χ2v) is 9.81. The topological polar surface area (TPSA) is 89.4 Å². The van der Waals surface area contributed by atoms with Crippen molar-refractivity contribution in [3.63, 3.8) is 0 Å². The number of carbonyl (C=O) groups is 2. The monoisotopic (exact) mass is 487 g/mol. The predicted molar refractivity (Wildman–Crippen MR) is 136 cm³/mol. The van der Waals surface area contributed by atoms with E-state index in [0.29, 0.717) is 36.6 Å². The standard InChI is InChI=1S/C28H33N5O3/c1-3-20(4-2)26(34)29-16-22-18-33(31-30-22)24-12-7-6-11-23(24)27(35)32-17-21-10-5-8-13-25(21)36-28(19-32)14-9-15-28/h5-8,10-13,18,20H,3-4,9,14-17,19H2,1-2H3,(H,29,34). The molecule has 2 amide bonds. The van der Waals surface area contributed by atoms with E-state index in [-0.39, 0.29) is 23.3 Å². The molecule has 1 saturated carbocycles. The van der Waals surface area contributed by atoms with Crippen LogP contribution in [0.3, 0.4) is 0 Å². The summed E-state index contributed by atoms with van der Waals surface area (Å²) in [5, 5.41) is 11.4. The van der Waals surface area contributed by atoms with Crippen LogP contribution in [0.4, 0.5) is 0 Å². The third-order valence-electron chi connectivity index (χ3n) is 7.41. The van der Waals surface area contributed by atoms with Gasteiger partial charge in [-0.1, -0.05) is 49.4 Å². The molecule has 5 rings (SSSR count). The van der Waals surface area contributed by atoms with Crippen LogP contribution in [0.1, 0.15) is 67.6 Å². The zero-order valence-electron chi connectivity index (χ0n) is 20.9. The zero-order valence-corrected chi connectivity index (χ0v) is 20.9. The van der Waals surface area contributed by atoms with Gasteiger partial charge in [-0.25, -0.2) is 4.68 Å². The molecule has 1 fully saturated rings. The summed E-state index contributed by atoms with van der Waals surface area (Å²) in [4.78, 5) is 28.1. The van der Waals surface area contributed by atoms with E-state index in [1.807, 2.05) is 67.3 Å². The van der Waals surface area contributed by atoms with Gasteiger partial charge in [0.05, 0.1) is 30.5 Å². The molecule has 36 heavy (non-hydrogen) atoms. The van der Waals surface area contributed by atoms with E-state index in [9.17, 15) is 9.59 Å². The van der Waals surface area contributed by atoms with E-state index in [1.165, 1.54) is 0 Å². The van der Waals surface area contributed by atoms with Crippen molar-refractivity contribution in [2.75, 3.05) is 6.54 Å². The minimum atomic E-state index is -0.315. The lowest BCUT2D eigenvalue weighted by Gasteiger charge is -2.43. The number of carbonyl (C=O) groups excluding carboxylic acids is 2. The van der Waals surface area contributed by atoms with Gasteiger partial charge in [-0.15, -0.1) is 5.10 Å². The lowest BCUT2D eigenvalue weighted by molar-refractivity contribution is -0.125. The fourth-order valence-electron chi connectivity index (χ4n) is 5.09. The molecule has 0 bridgehead atoms. The molecule has 0 radical (unpaired) electrons. The molecule has 1 aliphatic carbocycles. The van der Waals surface area contributed by atoms with Gasteiger partial charge in [0, 0.05) is 18.0 Å². The number of hydrogen-bond acceptors (Lipinski definition) is 5. The minimum Gasteiger partial charge on any atom is -0.485 e. The van der Waals surface area contributed by atoms with Crippen LogP contribution in [0.15, 0.2) is 54.7 Å². The molecule has 8 heteroatoms. The van der Waals surface area contributed by atoms with Crippen molar-refractivity contribution in [3.05, 3.63) is 71.5 Å². The third kappa shape index (κ3) is 4.72. The summed E-state index contributed by atoms with van der Waals surface area (Å²) in [5.74, 6) is 0.840. The van der Waals surface area contributed by atoms with Crippen LogP contribution >= 0.6 is 0 Å². The number of ether oxygens (including phenoxy) is 1. The highest BCUT2D eigenvalue weighted by molar-refractivity contribution is 5.98. The van der Waals surface area contributed by atoms with Gasteiger partial charge in [0.1, 0.15) is 17.0 Å². The Kier molecular flexibility index (Phi) is 6.76. The first-order valence-electron chi connectivity index (χ1n) is 12.9. The maximum atomic E-state index is 13.9. The molecule has 1 N–H and O–H groups in total. The third-order valence-corrected chi connectivity index (χ3v) is 7.41. The van der Waals surface area contributed by atoms with Gasteiger partial charge < -0.3 is 15.0 Å². The Morgan fingerprint density at radius 1 is 1.08 bits per heavy atom. The average molecular weight is 488 g/mol. The molecule has 2 aliphatic rings. The van der Waals surface area contributed by atoms with Crippen molar-refractivity contribution >= 4 is 11.8 Å². The number of benzene rings is 2. The summed E-state index contributed by atoms with van der Waals surface area (Å²) in [7, 11) is 0. The molecule has 2 aromatic carbocycles. The highest BCUT2D eigenvalue weighted by Gasteiger charge is 2.44. The Morgan fingerprint density at radius 3 is 2.58 bits per heavy atom. The Morgan fingerprint density at radius 2 is 1.83 bits per heavy atom. The van der Waals surface area contributed by atoms with E-state index in [4.69, 9.17) is 4.74 Å². The number of para-hydroxylation sites is 2. The van der Waals surface area contributed by atoms with Crippen LogP contribution in [0.2, 0.25) is 0 Å². The van der Waals surface area contributed by atoms with Gasteiger partial charge in [-0.3, -0.25) is 9.59 Å². The van der Waals surface area contributed by atoms with Gasteiger partial charge in [0.25, 0.3) is 5.91 Å². The maximum absolute atomic E-state index is 13.9. The van der Waals surface area contributed by atoms with Crippen molar-refractivity contribution < 1.29 is 14.3 Å². The normalized spacial score (nSPS) is 16.1. The molecular weight excluding hydrogens is 454 g/mol.